The zero-order valence-electron chi connectivity index (χ0n) is 20.2. The smallest absolute Gasteiger partial charge is 0.0143 e. The highest BCUT2D eigenvalue weighted by Crippen LogP contribution is 2.34. The molecule has 162 valence electrons. The Balaban J connectivity index is 0.000000414. The van der Waals surface area contributed by atoms with E-state index in [1.54, 1.807) is 0 Å². The molecule has 30 heavy (non-hydrogen) atoms. The van der Waals surface area contributed by atoms with Gasteiger partial charge in [-0.05, 0) is 74.8 Å². The van der Waals surface area contributed by atoms with E-state index in [0.717, 1.165) is 24.8 Å². The largest absolute Gasteiger partial charge is 0.394 e. The Morgan fingerprint density at radius 2 is 1.70 bits per heavy atom. The molecular formula is C29H41N. The van der Waals surface area contributed by atoms with E-state index in [0.29, 0.717) is 5.92 Å². The summed E-state index contributed by atoms with van der Waals surface area (Å²) in [6.07, 6.45) is 5.23. The molecule has 1 nitrogen and oxygen atoms in total. The van der Waals surface area contributed by atoms with E-state index in [1.165, 1.54) is 39.0 Å². The van der Waals surface area contributed by atoms with Crippen LogP contribution in [0.2, 0.25) is 0 Å². The molecule has 1 N–H and O–H groups in total. The molecule has 1 atom stereocenters. The maximum absolute atomic E-state index is 4.15. The molecule has 2 rings (SSSR count). The topological polar surface area (TPSA) is 12.0 Å². The second-order valence-corrected chi connectivity index (χ2v) is 8.26. The highest BCUT2D eigenvalue weighted by atomic mass is 14.8. The fourth-order valence-electron chi connectivity index (χ4n) is 3.65. The first kappa shape index (κ1) is 25.5. The Morgan fingerprint density at radius 3 is 2.17 bits per heavy atom. The van der Waals surface area contributed by atoms with E-state index in [4.69, 9.17) is 0 Å². The van der Waals surface area contributed by atoms with E-state index < -0.39 is 0 Å². The molecule has 0 amide bonds. The number of nitrogens with one attached hydrogen (secondary N) is 1. The Bertz CT molecular complexity index is 870. The molecule has 2 aromatic carbocycles. The van der Waals surface area contributed by atoms with Crippen LogP contribution in [0.3, 0.4) is 0 Å². The molecule has 0 aliphatic heterocycles. The Hall–Kier alpha value is -2.54. The van der Waals surface area contributed by atoms with E-state index >= 15 is 0 Å². The summed E-state index contributed by atoms with van der Waals surface area (Å²) in [4.78, 5) is 0. The first-order valence-electron chi connectivity index (χ1n) is 11.1. The molecule has 0 fully saturated rings. The van der Waals surface area contributed by atoms with Crippen molar-refractivity contribution in [1.29, 1.82) is 0 Å². The molecule has 1 heteroatoms. The lowest BCUT2D eigenvalue weighted by atomic mass is 9.82. The predicted molar refractivity (Wildman–Crippen MR) is 135 cm³/mol. The summed E-state index contributed by atoms with van der Waals surface area (Å²) in [6, 6.07) is 15.4. The maximum Gasteiger partial charge on any atom is 0.0143 e. The Morgan fingerprint density at radius 1 is 1.00 bits per heavy atom. The van der Waals surface area contributed by atoms with Gasteiger partial charge in [-0.25, -0.2) is 0 Å². The van der Waals surface area contributed by atoms with Crippen molar-refractivity contribution in [2.75, 3.05) is 7.05 Å². The van der Waals surface area contributed by atoms with Gasteiger partial charge in [-0.2, -0.15) is 0 Å². The van der Waals surface area contributed by atoms with Crippen LogP contribution >= 0.6 is 0 Å². The van der Waals surface area contributed by atoms with Gasteiger partial charge in [0.05, 0.1) is 0 Å². The summed E-state index contributed by atoms with van der Waals surface area (Å²) < 4.78 is 0. The summed E-state index contributed by atoms with van der Waals surface area (Å²) in [5.41, 5.74) is 10.5. The number of allylic oxidation sites excluding steroid dienone is 3. The van der Waals surface area contributed by atoms with Gasteiger partial charge in [0, 0.05) is 19.2 Å². The summed E-state index contributed by atoms with van der Waals surface area (Å²) in [5.74, 6) is 0.318. The van der Waals surface area contributed by atoms with Gasteiger partial charge in [-0.1, -0.05) is 79.6 Å². The summed E-state index contributed by atoms with van der Waals surface area (Å²) in [7, 11) is 1.94. The average molecular weight is 404 g/mol. The summed E-state index contributed by atoms with van der Waals surface area (Å²) >= 11 is 0. The highest BCUT2D eigenvalue weighted by molar-refractivity contribution is 5.43. The van der Waals surface area contributed by atoms with Crippen LogP contribution in [0.15, 0.2) is 78.5 Å². The zero-order valence-corrected chi connectivity index (χ0v) is 20.2. The van der Waals surface area contributed by atoms with E-state index in [2.05, 4.69) is 109 Å². The minimum Gasteiger partial charge on any atom is -0.394 e. The molecular weight excluding hydrogens is 362 g/mol. The monoisotopic (exact) mass is 403 g/mol. The van der Waals surface area contributed by atoms with Gasteiger partial charge in [0.15, 0.2) is 0 Å². The van der Waals surface area contributed by atoms with Gasteiger partial charge in [-0.3, -0.25) is 0 Å². The van der Waals surface area contributed by atoms with Gasteiger partial charge >= 0.3 is 0 Å². The normalized spacial score (nSPS) is 11.9. The van der Waals surface area contributed by atoms with Crippen molar-refractivity contribution in [1.82, 2.24) is 5.32 Å². The lowest BCUT2D eigenvalue weighted by Crippen LogP contribution is -2.09. The van der Waals surface area contributed by atoms with Gasteiger partial charge in [0.25, 0.3) is 0 Å². The van der Waals surface area contributed by atoms with Crippen LogP contribution in [0, 0.1) is 13.8 Å². The molecule has 0 saturated carbocycles. The zero-order chi connectivity index (χ0) is 22.7. The van der Waals surface area contributed by atoms with Crippen LogP contribution in [-0.2, 0) is 12.8 Å². The van der Waals surface area contributed by atoms with Crippen LogP contribution in [0.5, 0.6) is 0 Å². The quantitative estimate of drug-likeness (QED) is 0.349. The van der Waals surface area contributed by atoms with Crippen molar-refractivity contribution in [2.45, 2.75) is 66.7 Å². The van der Waals surface area contributed by atoms with Crippen LogP contribution in [-0.4, -0.2) is 7.05 Å². The molecule has 0 spiro atoms. The summed E-state index contributed by atoms with van der Waals surface area (Å²) in [6.45, 7) is 21.1. The molecule has 0 radical (unpaired) electrons. The van der Waals surface area contributed by atoms with Gasteiger partial charge in [0.1, 0.15) is 0 Å². The number of benzene rings is 2. The first-order chi connectivity index (χ1) is 14.2. The molecule has 0 heterocycles. The SMILES string of the molecule is C=C(C)CC(/C(=C/NC)C(=C)C)c1ccc(C)c(CC)c1.CCc1cccc(C)c1. The molecule has 2 aromatic rings. The van der Waals surface area contributed by atoms with Gasteiger partial charge in [-0.15, -0.1) is 6.58 Å². The van der Waals surface area contributed by atoms with Crippen molar-refractivity contribution >= 4 is 0 Å². The number of hydrogen-bond donors (Lipinski definition) is 1. The van der Waals surface area contributed by atoms with Gasteiger partial charge in [0.2, 0.25) is 0 Å². The number of hydrogen-bond acceptors (Lipinski definition) is 1. The van der Waals surface area contributed by atoms with E-state index in [-0.39, 0.29) is 0 Å². The first-order valence-corrected chi connectivity index (χ1v) is 11.1. The third kappa shape index (κ3) is 8.06. The molecule has 0 bridgehead atoms. The second kappa shape index (κ2) is 12.9. The third-order valence-corrected chi connectivity index (χ3v) is 5.37. The van der Waals surface area contributed by atoms with Crippen LogP contribution in [0.25, 0.3) is 0 Å². The molecule has 1 unspecified atom stereocenters. The Kier molecular flexibility index (Phi) is 11.0. The maximum atomic E-state index is 4.15. The van der Waals surface area contributed by atoms with Crippen molar-refractivity contribution in [3.05, 3.63) is 106 Å². The second-order valence-electron chi connectivity index (χ2n) is 8.26. The standard InChI is InChI=1S/C20H29N.C9H12/c1-8-17-12-18(10-9-16(17)6)19(11-14(2)3)20(13-21-7)15(4)5;1-3-9-6-4-5-8(2)7-9/h9-10,12-13,19,21H,2,4,8,11H2,1,3,5-7H3;4-7H,3H2,1-2H3/b20-13+;. The van der Waals surface area contributed by atoms with Crippen LogP contribution in [0.1, 0.15) is 67.9 Å². The van der Waals surface area contributed by atoms with Crippen molar-refractivity contribution in [3.8, 4) is 0 Å². The Labute approximate surface area is 185 Å². The third-order valence-electron chi connectivity index (χ3n) is 5.37. The lowest BCUT2D eigenvalue weighted by molar-refractivity contribution is 0.774. The molecule has 0 aliphatic carbocycles. The van der Waals surface area contributed by atoms with Crippen LogP contribution in [0.4, 0.5) is 0 Å². The van der Waals surface area contributed by atoms with Crippen molar-refractivity contribution < 1.29 is 0 Å². The van der Waals surface area contributed by atoms with Gasteiger partial charge < -0.3 is 5.32 Å². The molecule has 0 saturated heterocycles. The van der Waals surface area contributed by atoms with E-state index in [9.17, 15) is 0 Å². The number of aryl methyl sites for hydroxylation is 4. The average Bonchev–Trinajstić information content (AvgIpc) is 2.71. The predicted octanol–water partition coefficient (Wildman–Crippen LogP) is 7.84. The molecule has 0 aliphatic rings. The molecule has 0 aromatic heterocycles. The van der Waals surface area contributed by atoms with Crippen molar-refractivity contribution in [2.24, 2.45) is 0 Å². The minimum absolute atomic E-state index is 0.318. The van der Waals surface area contributed by atoms with Crippen molar-refractivity contribution in [3.63, 3.8) is 0 Å². The summed E-state index contributed by atoms with van der Waals surface area (Å²) in [5, 5.41) is 3.16. The highest BCUT2D eigenvalue weighted by Gasteiger charge is 2.18. The van der Waals surface area contributed by atoms with Crippen LogP contribution < -0.4 is 5.32 Å². The van der Waals surface area contributed by atoms with E-state index in [1.807, 2.05) is 7.05 Å². The minimum atomic E-state index is 0.318. The number of rotatable bonds is 8. The fourth-order valence-corrected chi connectivity index (χ4v) is 3.65. The lowest BCUT2D eigenvalue weighted by Gasteiger charge is -2.23. The fraction of sp³-hybridized carbons (Fsp3) is 0.379.